The summed E-state index contributed by atoms with van der Waals surface area (Å²) >= 11 is 1.48. The molecule has 0 aliphatic carbocycles. The number of nitrogens with one attached hydrogen (secondary N) is 1. The van der Waals surface area contributed by atoms with E-state index >= 15 is 0 Å². The second kappa shape index (κ2) is 7.24. The van der Waals surface area contributed by atoms with Gasteiger partial charge in [-0.2, -0.15) is 0 Å². The van der Waals surface area contributed by atoms with Crippen molar-refractivity contribution in [1.29, 1.82) is 0 Å². The Morgan fingerprint density at radius 2 is 2.20 bits per heavy atom. The van der Waals surface area contributed by atoms with E-state index in [0.717, 1.165) is 28.8 Å². The van der Waals surface area contributed by atoms with Crippen LogP contribution in [0.5, 0.6) is 5.75 Å². The van der Waals surface area contributed by atoms with Gasteiger partial charge in [-0.05, 0) is 24.6 Å². The lowest BCUT2D eigenvalue weighted by molar-refractivity contribution is -0.116. The SMILES string of the molecule is CCCCCCC(=O)Nc1nc2ccc(OC)cc2s1. The number of anilines is 1. The summed E-state index contributed by atoms with van der Waals surface area (Å²) in [5.41, 5.74) is 0.886. The Bertz CT molecular complexity index is 580. The number of nitrogens with zero attached hydrogens (tertiary/aromatic N) is 1. The normalized spacial score (nSPS) is 10.7. The Kier molecular flexibility index (Phi) is 5.35. The van der Waals surface area contributed by atoms with Crippen LogP contribution in [0.15, 0.2) is 18.2 Å². The van der Waals surface area contributed by atoms with Crippen LogP contribution in [0.3, 0.4) is 0 Å². The van der Waals surface area contributed by atoms with Crippen LogP contribution in [0, 0.1) is 0 Å². The highest BCUT2D eigenvalue weighted by Gasteiger charge is 2.08. The quantitative estimate of drug-likeness (QED) is 0.778. The molecule has 0 bridgehead atoms. The largest absolute Gasteiger partial charge is 0.497 e. The van der Waals surface area contributed by atoms with Gasteiger partial charge in [0.15, 0.2) is 5.13 Å². The molecule has 0 saturated carbocycles. The van der Waals surface area contributed by atoms with Crippen molar-refractivity contribution in [3.05, 3.63) is 18.2 Å². The third-order valence-electron chi connectivity index (χ3n) is 3.10. The summed E-state index contributed by atoms with van der Waals surface area (Å²) in [6, 6.07) is 5.71. The van der Waals surface area contributed by atoms with E-state index in [-0.39, 0.29) is 5.91 Å². The molecule has 0 atom stereocenters. The minimum atomic E-state index is 0.0483. The topological polar surface area (TPSA) is 51.2 Å². The van der Waals surface area contributed by atoms with E-state index in [2.05, 4.69) is 17.2 Å². The van der Waals surface area contributed by atoms with Crippen molar-refractivity contribution < 1.29 is 9.53 Å². The molecular formula is C15H20N2O2S. The van der Waals surface area contributed by atoms with Crippen LogP contribution in [0.1, 0.15) is 39.0 Å². The number of fused-ring (bicyclic) bond motifs is 1. The standard InChI is InChI=1S/C15H20N2O2S/c1-3-4-5-6-7-14(18)17-15-16-12-9-8-11(19-2)10-13(12)20-15/h8-10H,3-7H2,1-2H3,(H,16,17,18). The van der Waals surface area contributed by atoms with E-state index in [9.17, 15) is 4.79 Å². The van der Waals surface area contributed by atoms with Gasteiger partial charge in [0.2, 0.25) is 5.91 Å². The molecule has 5 heteroatoms. The number of hydrogen-bond acceptors (Lipinski definition) is 4. The van der Waals surface area contributed by atoms with Crippen LogP contribution >= 0.6 is 11.3 Å². The molecular weight excluding hydrogens is 272 g/mol. The fraction of sp³-hybridized carbons (Fsp3) is 0.467. The van der Waals surface area contributed by atoms with Gasteiger partial charge in [-0.1, -0.05) is 37.5 Å². The van der Waals surface area contributed by atoms with Gasteiger partial charge in [-0.25, -0.2) is 4.98 Å². The number of amides is 1. The van der Waals surface area contributed by atoms with E-state index in [1.807, 2.05) is 18.2 Å². The zero-order valence-corrected chi connectivity index (χ0v) is 12.8. The minimum absolute atomic E-state index is 0.0483. The molecule has 0 radical (unpaired) electrons. The third kappa shape index (κ3) is 3.93. The summed E-state index contributed by atoms with van der Waals surface area (Å²) in [6.45, 7) is 2.16. The van der Waals surface area contributed by atoms with Crippen molar-refractivity contribution in [3.8, 4) is 5.75 Å². The van der Waals surface area contributed by atoms with Gasteiger partial charge in [0.25, 0.3) is 0 Å². The predicted molar refractivity (Wildman–Crippen MR) is 83.6 cm³/mol. The molecule has 0 aliphatic heterocycles. The first-order chi connectivity index (χ1) is 9.72. The second-order valence-corrected chi connectivity index (χ2v) is 5.74. The Morgan fingerprint density at radius 3 is 2.95 bits per heavy atom. The predicted octanol–water partition coefficient (Wildman–Crippen LogP) is 4.21. The number of benzene rings is 1. The number of carbonyl (C=O) groups is 1. The van der Waals surface area contributed by atoms with E-state index in [1.54, 1.807) is 7.11 Å². The maximum absolute atomic E-state index is 11.8. The first-order valence-electron chi connectivity index (χ1n) is 6.97. The van der Waals surface area contributed by atoms with E-state index in [1.165, 1.54) is 24.2 Å². The molecule has 0 saturated heterocycles. The Hall–Kier alpha value is -1.62. The van der Waals surface area contributed by atoms with Gasteiger partial charge in [0.05, 0.1) is 17.3 Å². The highest BCUT2D eigenvalue weighted by Crippen LogP contribution is 2.29. The molecule has 1 N–H and O–H groups in total. The summed E-state index contributed by atoms with van der Waals surface area (Å²) in [6.07, 6.45) is 4.99. The summed E-state index contributed by atoms with van der Waals surface area (Å²) in [5.74, 6) is 0.853. The van der Waals surface area contributed by atoms with Crippen LogP contribution < -0.4 is 10.1 Å². The molecule has 108 valence electrons. The molecule has 1 aromatic heterocycles. The van der Waals surface area contributed by atoms with Crippen LogP contribution in [-0.4, -0.2) is 18.0 Å². The summed E-state index contributed by atoms with van der Waals surface area (Å²) in [7, 11) is 1.64. The van der Waals surface area contributed by atoms with Crippen molar-refractivity contribution in [2.24, 2.45) is 0 Å². The maximum Gasteiger partial charge on any atom is 0.226 e. The lowest BCUT2D eigenvalue weighted by atomic mass is 10.1. The van der Waals surface area contributed by atoms with Crippen LogP contribution in [-0.2, 0) is 4.79 Å². The van der Waals surface area contributed by atoms with Gasteiger partial charge in [-0.15, -0.1) is 0 Å². The molecule has 1 amide bonds. The molecule has 4 nitrogen and oxygen atoms in total. The Morgan fingerprint density at radius 1 is 1.35 bits per heavy atom. The average Bonchev–Trinajstić information content (AvgIpc) is 2.84. The molecule has 0 spiro atoms. The lowest BCUT2D eigenvalue weighted by Gasteiger charge is -2.00. The molecule has 0 fully saturated rings. The van der Waals surface area contributed by atoms with Crippen molar-refractivity contribution in [2.45, 2.75) is 39.0 Å². The molecule has 0 unspecified atom stereocenters. The molecule has 1 heterocycles. The van der Waals surface area contributed by atoms with E-state index < -0.39 is 0 Å². The van der Waals surface area contributed by atoms with Gasteiger partial charge < -0.3 is 10.1 Å². The van der Waals surface area contributed by atoms with E-state index in [0.29, 0.717) is 11.6 Å². The van der Waals surface area contributed by atoms with Crippen molar-refractivity contribution in [3.63, 3.8) is 0 Å². The molecule has 20 heavy (non-hydrogen) atoms. The number of hydrogen-bond donors (Lipinski definition) is 1. The summed E-state index contributed by atoms with van der Waals surface area (Å²) in [5, 5.41) is 3.53. The minimum Gasteiger partial charge on any atom is -0.497 e. The first kappa shape index (κ1) is 14.8. The molecule has 2 rings (SSSR count). The highest BCUT2D eigenvalue weighted by atomic mass is 32.1. The number of unbranched alkanes of at least 4 members (excludes halogenated alkanes) is 3. The zero-order valence-electron chi connectivity index (χ0n) is 11.9. The maximum atomic E-state index is 11.8. The Balaban J connectivity index is 1.94. The van der Waals surface area contributed by atoms with Gasteiger partial charge in [-0.3, -0.25) is 4.79 Å². The second-order valence-electron chi connectivity index (χ2n) is 4.71. The monoisotopic (exact) mass is 292 g/mol. The van der Waals surface area contributed by atoms with Crippen LogP contribution in [0.4, 0.5) is 5.13 Å². The van der Waals surface area contributed by atoms with Crippen LogP contribution in [0.2, 0.25) is 0 Å². The van der Waals surface area contributed by atoms with Crippen molar-refractivity contribution in [1.82, 2.24) is 4.98 Å². The fourth-order valence-electron chi connectivity index (χ4n) is 1.98. The Labute approximate surface area is 123 Å². The third-order valence-corrected chi connectivity index (χ3v) is 4.03. The highest BCUT2D eigenvalue weighted by molar-refractivity contribution is 7.22. The summed E-state index contributed by atoms with van der Waals surface area (Å²) in [4.78, 5) is 16.2. The van der Waals surface area contributed by atoms with Crippen LogP contribution in [0.25, 0.3) is 10.2 Å². The fourth-order valence-corrected chi connectivity index (χ4v) is 2.89. The van der Waals surface area contributed by atoms with Gasteiger partial charge >= 0.3 is 0 Å². The first-order valence-corrected chi connectivity index (χ1v) is 7.79. The number of rotatable bonds is 7. The number of methoxy groups -OCH3 is 1. The number of aromatic nitrogens is 1. The number of thiazole rings is 1. The number of carbonyl (C=O) groups excluding carboxylic acids is 1. The smallest absolute Gasteiger partial charge is 0.226 e. The average molecular weight is 292 g/mol. The lowest BCUT2D eigenvalue weighted by Crippen LogP contribution is -2.10. The summed E-state index contributed by atoms with van der Waals surface area (Å²) < 4.78 is 6.20. The molecule has 1 aromatic carbocycles. The van der Waals surface area contributed by atoms with Gasteiger partial charge in [0.1, 0.15) is 5.75 Å². The number of ether oxygens (including phenoxy) is 1. The molecule has 0 aliphatic rings. The van der Waals surface area contributed by atoms with Gasteiger partial charge in [0, 0.05) is 6.42 Å². The van der Waals surface area contributed by atoms with Crippen molar-refractivity contribution in [2.75, 3.05) is 12.4 Å². The zero-order chi connectivity index (χ0) is 14.4. The molecule has 2 aromatic rings. The van der Waals surface area contributed by atoms with Crippen molar-refractivity contribution >= 4 is 32.6 Å². The van der Waals surface area contributed by atoms with E-state index in [4.69, 9.17) is 4.74 Å².